The minimum absolute atomic E-state index is 0.00823. The fourth-order valence-electron chi connectivity index (χ4n) is 3.29. The molecule has 2 N–H and O–H groups in total. The van der Waals surface area contributed by atoms with Gasteiger partial charge in [-0.3, -0.25) is 0 Å². The third kappa shape index (κ3) is 3.06. The van der Waals surface area contributed by atoms with E-state index in [9.17, 15) is 19.8 Å². The summed E-state index contributed by atoms with van der Waals surface area (Å²) in [6.07, 6.45) is 0. The van der Waals surface area contributed by atoms with Crippen molar-refractivity contribution in [3.63, 3.8) is 0 Å². The molecule has 134 valence electrons. The first kappa shape index (κ1) is 17.3. The normalized spacial score (nSPS) is 10.4. The first-order valence-electron chi connectivity index (χ1n) is 8.58. The number of carboxylic acids is 2. The first-order chi connectivity index (χ1) is 13.5. The van der Waals surface area contributed by atoms with Gasteiger partial charge in [-0.15, -0.1) is 0 Å². The van der Waals surface area contributed by atoms with Gasteiger partial charge in [-0.1, -0.05) is 60.4 Å². The Balaban J connectivity index is 1.87. The average molecular weight is 366 g/mol. The quantitative estimate of drug-likeness (QED) is 0.500. The second-order valence-corrected chi connectivity index (χ2v) is 6.31. The van der Waals surface area contributed by atoms with E-state index in [4.69, 9.17) is 0 Å². The van der Waals surface area contributed by atoms with E-state index in [2.05, 4.69) is 11.8 Å². The zero-order valence-corrected chi connectivity index (χ0v) is 14.6. The van der Waals surface area contributed by atoms with Crippen LogP contribution in [0.3, 0.4) is 0 Å². The van der Waals surface area contributed by atoms with Crippen molar-refractivity contribution < 1.29 is 19.8 Å². The highest BCUT2D eigenvalue weighted by atomic mass is 16.4. The summed E-state index contributed by atoms with van der Waals surface area (Å²) in [5, 5.41) is 22.0. The molecule has 4 aromatic rings. The topological polar surface area (TPSA) is 74.6 Å². The lowest BCUT2D eigenvalue weighted by atomic mass is 9.95. The maximum absolute atomic E-state index is 11.9. The van der Waals surface area contributed by atoms with Crippen LogP contribution in [0.15, 0.2) is 72.8 Å². The fraction of sp³-hybridized carbons (Fsp3) is 0. The Hall–Kier alpha value is -4.10. The molecule has 0 unspecified atom stereocenters. The molecule has 4 heteroatoms. The van der Waals surface area contributed by atoms with E-state index in [1.165, 1.54) is 6.07 Å². The van der Waals surface area contributed by atoms with Gasteiger partial charge in [0.15, 0.2) is 0 Å². The lowest BCUT2D eigenvalue weighted by Gasteiger charge is -2.08. The van der Waals surface area contributed by atoms with E-state index in [0.717, 1.165) is 16.3 Å². The van der Waals surface area contributed by atoms with Gasteiger partial charge >= 0.3 is 11.9 Å². The van der Waals surface area contributed by atoms with Crippen LogP contribution in [0.25, 0.3) is 21.5 Å². The van der Waals surface area contributed by atoms with Crippen LogP contribution in [-0.4, -0.2) is 22.2 Å². The highest BCUT2D eigenvalue weighted by Gasteiger charge is 2.17. The summed E-state index contributed by atoms with van der Waals surface area (Å²) in [7, 11) is 0. The number of carboxylic acid groups (broad SMARTS) is 2. The highest BCUT2D eigenvalue weighted by Crippen LogP contribution is 2.26. The molecule has 0 aliphatic heterocycles. The van der Waals surface area contributed by atoms with Crippen molar-refractivity contribution in [2.45, 2.75) is 0 Å². The zero-order valence-electron chi connectivity index (χ0n) is 14.6. The van der Waals surface area contributed by atoms with Crippen LogP contribution < -0.4 is 0 Å². The van der Waals surface area contributed by atoms with Crippen LogP contribution in [0, 0.1) is 11.8 Å². The minimum atomic E-state index is -1.14. The van der Waals surface area contributed by atoms with E-state index in [1.54, 1.807) is 24.3 Å². The van der Waals surface area contributed by atoms with Crippen LogP contribution in [0.4, 0.5) is 0 Å². The van der Waals surface area contributed by atoms with Crippen LogP contribution in [0.1, 0.15) is 31.8 Å². The zero-order chi connectivity index (χ0) is 19.7. The molecule has 28 heavy (non-hydrogen) atoms. The van der Waals surface area contributed by atoms with Gasteiger partial charge in [0.25, 0.3) is 0 Å². The molecular weight excluding hydrogens is 352 g/mol. The predicted octanol–water partition coefficient (Wildman–Crippen LogP) is 4.79. The summed E-state index contributed by atoms with van der Waals surface area (Å²) in [5.41, 5.74) is 1.19. The maximum Gasteiger partial charge on any atom is 0.337 e. The average Bonchev–Trinajstić information content (AvgIpc) is 2.70. The fourth-order valence-corrected chi connectivity index (χ4v) is 3.29. The van der Waals surface area contributed by atoms with E-state index in [0.29, 0.717) is 16.3 Å². The molecular formula is C24H14O4. The Labute approximate surface area is 160 Å². The summed E-state index contributed by atoms with van der Waals surface area (Å²) in [6.45, 7) is 0. The van der Waals surface area contributed by atoms with Crippen molar-refractivity contribution in [2.24, 2.45) is 0 Å². The van der Waals surface area contributed by atoms with Crippen molar-refractivity contribution in [3.8, 4) is 11.8 Å². The van der Waals surface area contributed by atoms with Gasteiger partial charge in [0, 0.05) is 11.1 Å². The van der Waals surface area contributed by atoms with Crippen molar-refractivity contribution in [1.82, 2.24) is 0 Å². The molecule has 0 heterocycles. The molecule has 0 aliphatic carbocycles. The molecule has 0 fully saturated rings. The molecule has 0 radical (unpaired) electrons. The van der Waals surface area contributed by atoms with Gasteiger partial charge in [-0.05, 0) is 45.8 Å². The standard InChI is InChI=1S/C24H14O4/c25-23(26)21-7-3-6-20-19(21)13-12-17(22(20)24(27)28)11-9-15-8-10-16-4-1-2-5-18(16)14-15/h1-8,10,12-14H,(H,25,26)(H,27,28). The maximum atomic E-state index is 11.9. The Kier molecular flexibility index (Phi) is 4.27. The van der Waals surface area contributed by atoms with Crippen molar-refractivity contribution in [1.29, 1.82) is 0 Å². The molecule has 4 nitrogen and oxygen atoms in total. The van der Waals surface area contributed by atoms with Crippen molar-refractivity contribution >= 4 is 33.5 Å². The van der Waals surface area contributed by atoms with Gasteiger partial charge in [0.05, 0.1) is 11.1 Å². The Morgan fingerprint density at radius 1 is 0.679 bits per heavy atom. The largest absolute Gasteiger partial charge is 0.478 e. The van der Waals surface area contributed by atoms with Gasteiger partial charge < -0.3 is 10.2 Å². The second kappa shape index (κ2) is 6.90. The van der Waals surface area contributed by atoms with Crippen LogP contribution >= 0.6 is 0 Å². The van der Waals surface area contributed by atoms with Gasteiger partial charge in [-0.2, -0.15) is 0 Å². The van der Waals surface area contributed by atoms with Gasteiger partial charge in [-0.25, -0.2) is 9.59 Å². The molecule has 4 rings (SSSR count). The lowest BCUT2D eigenvalue weighted by molar-refractivity contribution is 0.0686. The monoisotopic (exact) mass is 366 g/mol. The van der Waals surface area contributed by atoms with E-state index in [1.807, 2.05) is 42.5 Å². The Morgan fingerprint density at radius 3 is 2.21 bits per heavy atom. The molecule has 0 amide bonds. The molecule has 0 saturated heterocycles. The summed E-state index contributed by atoms with van der Waals surface area (Å²) in [6, 6.07) is 21.5. The molecule has 0 aliphatic rings. The summed E-state index contributed by atoms with van der Waals surface area (Å²) >= 11 is 0. The summed E-state index contributed by atoms with van der Waals surface area (Å²) in [4.78, 5) is 23.3. The lowest BCUT2D eigenvalue weighted by Crippen LogP contribution is -2.04. The number of hydrogen-bond donors (Lipinski definition) is 2. The van der Waals surface area contributed by atoms with Gasteiger partial charge in [0.1, 0.15) is 0 Å². The van der Waals surface area contributed by atoms with E-state index < -0.39 is 11.9 Å². The summed E-state index contributed by atoms with van der Waals surface area (Å²) < 4.78 is 0. The van der Waals surface area contributed by atoms with Crippen molar-refractivity contribution in [3.05, 3.63) is 95.1 Å². The Bertz CT molecular complexity index is 1320. The highest BCUT2D eigenvalue weighted by molar-refractivity contribution is 6.11. The molecule has 0 saturated carbocycles. The predicted molar refractivity (Wildman–Crippen MR) is 108 cm³/mol. The number of rotatable bonds is 2. The smallest absolute Gasteiger partial charge is 0.337 e. The molecule has 0 atom stereocenters. The van der Waals surface area contributed by atoms with Gasteiger partial charge in [0.2, 0.25) is 0 Å². The number of benzene rings is 4. The van der Waals surface area contributed by atoms with E-state index in [-0.39, 0.29) is 11.1 Å². The van der Waals surface area contributed by atoms with Crippen LogP contribution in [-0.2, 0) is 0 Å². The second-order valence-electron chi connectivity index (χ2n) is 6.31. The number of aromatic carboxylic acids is 2. The molecule has 4 aromatic carbocycles. The summed E-state index contributed by atoms with van der Waals surface area (Å²) in [5.74, 6) is 3.72. The van der Waals surface area contributed by atoms with Crippen LogP contribution in [0.5, 0.6) is 0 Å². The molecule has 0 aromatic heterocycles. The number of fused-ring (bicyclic) bond motifs is 2. The molecule has 0 bridgehead atoms. The third-order valence-corrected chi connectivity index (χ3v) is 4.60. The van der Waals surface area contributed by atoms with Crippen LogP contribution in [0.2, 0.25) is 0 Å². The van der Waals surface area contributed by atoms with Crippen molar-refractivity contribution in [2.75, 3.05) is 0 Å². The molecule has 0 spiro atoms. The van der Waals surface area contributed by atoms with E-state index >= 15 is 0 Å². The first-order valence-corrected chi connectivity index (χ1v) is 8.58. The number of carbonyl (C=O) groups is 2. The minimum Gasteiger partial charge on any atom is -0.478 e. The Morgan fingerprint density at radius 2 is 1.46 bits per heavy atom. The number of hydrogen-bond acceptors (Lipinski definition) is 2. The third-order valence-electron chi connectivity index (χ3n) is 4.60. The SMILES string of the molecule is O=C(O)c1cccc2c(C(=O)O)c(C#Cc3ccc4ccccc4c3)ccc12.